The molecule has 1 aliphatic carbocycles. The quantitative estimate of drug-likeness (QED) is 0.532. The highest BCUT2D eigenvalue weighted by molar-refractivity contribution is 8.01. The van der Waals surface area contributed by atoms with Crippen LogP contribution in [0.25, 0.3) is 0 Å². The van der Waals surface area contributed by atoms with Crippen molar-refractivity contribution in [2.75, 3.05) is 38.5 Å². The Labute approximate surface area is 187 Å². The molecule has 7 nitrogen and oxygen atoms in total. The van der Waals surface area contributed by atoms with Crippen molar-refractivity contribution in [2.24, 2.45) is 11.7 Å². The van der Waals surface area contributed by atoms with Crippen LogP contribution in [0.4, 0.5) is 4.39 Å². The number of primary amides is 1. The monoisotopic (exact) mass is 474 g/mol. The van der Waals surface area contributed by atoms with Crippen LogP contribution in [-0.4, -0.2) is 66.3 Å². The fourth-order valence-electron chi connectivity index (χ4n) is 3.27. The van der Waals surface area contributed by atoms with E-state index in [0.29, 0.717) is 38.4 Å². The molecule has 3 rings (SSSR count). The summed E-state index contributed by atoms with van der Waals surface area (Å²) in [6.45, 7) is 2.86. The van der Waals surface area contributed by atoms with Crippen LogP contribution in [0.1, 0.15) is 12.1 Å². The molecular formula is C19H24ClFN4O3S2. The zero-order chi connectivity index (χ0) is 21.5. The summed E-state index contributed by atoms with van der Waals surface area (Å²) >= 11 is 8.59. The highest BCUT2D eigenvalue weighted by atomic mass is 35.5. The molecular weight excluding hydrogens is 451 g/mol. The first-order chi connectivity index (χ1) is 14.4. The van der Waals surface area contributed by atoms with E-state index in [9.17, 15) is 14.0 Å². The average Bonchev–Trinajstić information content (AvgIpc) is 3.15. The third-order valence-electron chi connectivity index (χ3n) is 4.71. The highest BCUT2D eigenvalue weighted by Crippen LogP contribution is 2.29. The lowest BCUT2D eigenvalue weighted by molar-refractivity contribution is -0.120. The van der Waals surface area contributed by atoms with Crippen LogP contribution in [0.5, 0.6) is 0 Å². The number of nitrogens with two attached hydrogens (primary N) is 1. The van der Waals surface area contributed by atoms with E-state index in [0.717, 1.165) is 10.9 Å². The van der Waals surface area contributed by atoms with Crippen molar-refractivity contribution < 1.29 is 18.7 Å². The molecule has 164 valence electrons. The zero-order valence-electron chi connectivity index (χ0n) is 16.3. The molecule has 0 bridgehead atoms. The molecule has 0 aromatic carbocycles. The van der Waals surface area contributed by atoms with Gasteiger partial charge in [0.05, 0.1) is 35.6 Å². The second-order valence-corrected chi connectivity index (χ2v) is 9.61. The smallest absolute Gasteiger partial charge is 0.230 e. The van der Waals surface area contributed by atoms with Crippen molar-refractivity contribution in [1.82, 2.24) is 15.2 Å². The van der Waals surface area contributed by atoms with Crippen LogP contribution in [0.15, 0.2) is 32.7 Å². The molecule has 30 heavy (non-hydrogen) atoms. The molecule has 3 N–H and O–H groups in total. The maximum atomic E-state index is 14.2. The molecule has 0 radical (unpaired) electrons. The van der Waals surface area contributed by atoms with Gasteiger partial charge in [-0.05, 0) is 12.5 Å². The van der Waals surface area contributed by atoms with Crippen molar-refractivity contribution in [2.45, 2.75) is 23.3 Å². The summed E-state index contributed by atoms with van der Waals surface area (Å²) in [7, 11) is 0. The molecule has 1 unspecified atom stereocenters. The van der Waals surface area contributed by atoms with Gasteiger partial charge in [0.25, 0.3) is 0 Å². The lowest BCUT2D eigenvalue weighted by atomic mass is 9.98. The van der Waals surface area contributed by atoms with Crippen molar-refractivity contribution in [3.8, 4) is 0 Å². The SMILES string of the molecule is NC(=O)Cc1csc(SCC(=O)NC[C@H]2CN(CC3CC=CC(Cl)=C3F)CCO2)n1. The Balaban J connectivity index is 1.38. The van der Waals surface area contributed by atoms with Gasteiger partial charge in [0.15, 0.2) is 4.34 Å². The van der Waals surface area contributed by atoms with Crippen molar-refractivity contribution in [1.29, 1.82) is 0 Å². The Bertz CT molecular complexity index is 832. The minimum atomic E-state index is -0.432. The number of rotatable bonds is 9. The molecule has 0 saturated carbocycles. The number of hydrogen-bond acceptors (Lipinski definition) is 7. The number of morpholine rings is 1. The fraction of sp³-hybridized carbons (Fsp3) is 0.526. The van der Waals surface area contributed by atoms with Crippen LogP contribution in [0, 0.1) is 5.92 Å². The average molecular weight is 475 g/mol. The number of hydrogen-bond donors (Lipinski definition) is 2. The molecule has 0 spiro atoms. The van der Waals surface area contributed by atoms with Gasteiger partial charge < -0.3 is 15.8 Å². The van der Waals surface area contributed by atoms with Gasteiger partial charge in [-0.1, -0.05) is 29.4 Å². The van der Waals surface area contributed by atoms with Crippen molar-refractivity contribution >= 4 is 46.5 Å². The number of amides is 2. The summed E-state index contributed by atoms with van der Waals surface area (Å²) < 4.78 is 20.6. The predicted molar refractivity (Wildman–Crippen MR) is 116 cm³/mol. The minimum Gasteiger partial charge on any atom is -0.374 e. The number of halogens is 2. The molecule has 11 heteroatoms. The maximum absolute atomic E-state index is 14.2. The Morgan fingerprint density at radius 1 is 1.50 bits per heavy atom. The Morgan fingerprint density at radius 3 is 3.13 bits per heavy atom. The number of thiazole rings is 1. The van der Waals surface area contributed by atoms with E-state index < -0.39 is 5.91 Å². The van der Waals surface area contributed by atoms with Gasteiger partial charge in [-0.25, -0.2) is 9.37 Å². The fourth-order valence-corrected chi connectivity index (χ4v) is 5.19. The Morgan fingerprint density at radius 2 is 2.33 bits per heavy atom. The van der Waals surface area contributed by atoms with E-state index in [4.69, 9.17) is 22.1 Å². The van der Waals surface area contributed by atoms with Gasteiger partial charge in [0.2, 0.25) is 11.8 Å². The summed E-state index contributed by atoms with van der Waals surface area (Å²) in [5, 5.41) is 4.83. The summed E-state index contributed by atoms with van der Waals surface area (Å²) in [5.41, 5.74) is 5.77. The van der Waals surface area contributed by atoms with Gasteiger partial charge in [-0.15, -0.1) is 11.3 Å². The first-order valence-electron chi connectivity index (χ1n) is 9.58. The van der Waals surface area contributed by atoms with E-state index >= 15 is 0 Å². The van der Waals surface area contributed by atoms with Gasteiger partial charge in [0, 0.05) is 37.5 Å². The van der Waals surface area contributed by atoms with Crippen LogP contribution < -0.4 is 11.1 Å². The number of carbonyl (C=O) groups excluding carboxylic acids is 2. The van der Waals surface area contributed by atoms with Gasteiger partial charge in [0.1, 0.15) is 5.83 Å². The second kappa shape index (κ2) is 11.2. The molecule has 1 fully saturated rings. The van der Waals surface area contributed by atoms with E-state index in [1.165, 1.54) is 23.1 Å². The summed E-state index contributed by atoms with van der Waals surface area (Å²) in [6.07, 6.45) is 4.09. The first-order valence-corrected chi connectivity index (χ1v) is 11.8. The Kier molecular flexibility index (Phi) is 8.70. The van der Waals surface area contributed by atoms with Crippen LogP contribution >= 0.6 is 34.7 Å². The van der Waals surface area contributed by atoms with Crippen LogP contribution in [-0.2, 0) is 20.7 Å². The molecule has 2 heterocycles. The Hall–Kier alpha value is -1.46. The summed E-state index contributed by atoms with van der Waals surface area (Å²) in [5.74, 6) is -0.815. The zero-order valence-corrected chi connectivity index (χ0v) is 18.7. The predicted octanol–water partition coefficient (Wildman–Crippen LogP) is 2.08. The number of allylic oxidation sites excluding steroid dienone is 3. The molecule has 1 aromatic rings. The van der Waals surface area contributed by atoms with Gasteiger partial charge in [-0.3, -0.25) is 14.5 Å². The number of nitrogens with zero attached hydrogens (tertiary/aromatic N) is 2. The molecule has 1 aliphatic heterocycles. The largest absolute Gasteiger partial charge is 0.374 e. The van der Waals surface area contributed by atoms with Crippen molar-refractivity contribution in [3.05, 3.63) is 34.1 Å². The van der Waals surface area contributed by atoms with Crippen LogP contribution in [0.3, 0.4) is 0 Å². The van der Waals surface area contributed by atoms with E-state index in [1.54, 1.807) is 11.5 Å². The molecule has 2 amide bonds. The molecule has 1 saturated heterocycles. The standard InChI is InChI=1S/C19H24ClFN4O3S2/c20-15-3-1-2-12(18(15)21)8-25-4-5-28-14(9-25)7-23-17(27)11-30-19-24-13(10-29-19)6-16(22)26/h1,3,10,12,14H,2,4-9,11H2,(H2,22,26)(H,23,27)/t12?,14-/m0/s1. The number of aromatic nitrogens is 1. The van der Waals surface area contributed by atoms with Gasteiger partial charge in [-0.2, -0.15) is 0 Å². The summed E-state index contributed by atoms with van der Waals surface area (Å²) in [6, 6.07) is 0. The first kappa shape index (κ1) is 23.2. The number of thioether (sulfide) groups is 1. The molecule has 2 aliphatic rings. The lowest BCUT2D eigenvalue weighted by Gasteiger charge is -2.35. The third-order valence-corrected chi connectivity index (χ3v) is 7.09. The minimum absolute atomic E-state index is 0.0990. The lowest BCUT2D eigenvalue weighted by Crippen LogP contribution is -2.49. The number of carbonyl (C=O) groups is 2. The van der Waals surface area contributed by atoms with Crippen LogP contribution in [0.2, 0.25) is 0 Å². The van der Waals surface area contributed by atoms with Crippen molar-refractivity contribution in [3.63, 3.8) is 0 Å². The second-order valence-electron chi connectivity index (χ2n) is 7.12. The molecule has 2 atom stereocenters. The maximum Gasteiger partial charge on any atom is 0.230 e. The normalized spacial score (nSPS) is 22.3. The third kappa shape index (κ3) is 7.05. The summed E-state index contributed by atoms with van der Waals surface area (Å²) in [4.78, 5) is 29.5. The number of ether oxygens (including phenoxy) is 1. The number of nitrogens with one attached hydrogen (secondary N) is 1. The van der Waals surface area contributed by atoms with Gasteiger partial charge >= 0.3 is 0 Å². The topological polar surface area (TPSA) is 97.5 Å². The van der Waals surface area contributed by atoms with E-state index in [1.807, 2.05) is 6.08 Å². The highest BCUT2D eigenvalue weighted by Gasteiger charge is 2.26. The van der Waals surface area contributed by atoms with E-state index in [2.05, 4.69) is 15.2 Å². The van der Waals surface area contributed by atoms with E-state index in [-0.39, 0.29) is 41.0 Å². The molecule has 1 aromatic heterocycles.